The topological polar surface area (TPSA) is 77.0 Å². The van der Waals surface area contributed by atoms with Crippen molar-refractivity contribution in [1.29, 1.82) is 0 Å². The molecule has 0 radical (unpaired) electrons. The number of rotatable bonds is 4. The molecule has 1 heterocycles. The molecule has 154 valence electrons. The van der Waals surface area contributed by atoms with Crippen LogP contribution in [0.4, 0.5) is 9.18 Å². The van der Waals surface area contributed by atoms with Gasteiger partial charge in [-0.1, -0.05) is 12.1 Å². The van der Waals surface area contributed by atoms with Gasteiger partial charge in [-0.3, -0.25) is 0 Å². The molecule has 0 aliphatic carbocycles. The van der Waals surface area contributed by atoms with Crippen LogP contribution >= 0.6 is 0 Å². The molecule has 2 N–H and O–H groups in total. The van der Waals surface area contributed by atoms with Crippen molar-refractivity contribution in [3.05, 3.63) is 35.1 Å². The molecule has 6 nitrogen and oxygen atoms in total. The monoisotopic (exact) mass is 393 g/mol. The van der Waals surface area contributed by atoms with Gasteiger partial charge in [0, 0.05) is 6.54 Å². The summed E-state index contributed by atoms with van der Waals surface area (Å²) in [5, 5.41) is 12.3. The zero-order valence-electron chi connectivity index (χ0n) is 17.6. The molecule has 0 aromatic heterocycles. The summed E-state index contributed by atoms with van der Waals surface area (Å²) >= 11 is 0. The Bertz CT molecular complexity index is 754. The number of phenols is 1. The summed E-state index contributed by atoms with van der Waals surface area (Å²) in [5.74, 6) is -1.16. The Balaban J connectivity index is 2.27. The first-order valence-corrected chi connectivity index (χ1v) is 9.22. The van der Waals surface area contributed by atoms with Gasteiger partial charge >= 0.3 is 13.2 Å². The fourth-order valence-corrected chi connectivity index (χ4v) is 2.52. The predicted octanol–water partition coefficient (Wildman–Crippen LogP) is 4.07. The second-order valence-corrected chi connectivity index (χ2v) is 8.87. The molecule has 28 heavy (non-hydrogen) atoms. The second-order valence-electron chi connectivity index (χ2n) is 8.87. The van der Waals surface area contributed by atoms with Crippen molar-refractivity contribution in [1.82, 2.24) is 5.32 Å². The maximum Gasteiger partial charge on any atom is 0.492 e. The highest BCUT2D eigenvalue weighted by Crippen LogP contribution is 2.38. The van der Waals surface area contributed by atoms with Crippen LogP contribution < -0.4 is 5.32 Å². The number of carbonyl (C=O) groups excluding carboxylic acids is 1. The molecule has 2 rings (SSSR count). The molecule has 0 spiro atoms. The van der Waals surface area contributed by atoms with Crippen molar-refractivity contribution < 1.29 is 28.3 Å². The summed E-state index contributed by atoms with van der Waals surface area (Å²) in [6.45, 7) is 13.1. The summed E-state index contributed by atoms with van der Waals surface area (Å²) in [6, 6.07) is 3.99. The third-order valence-electron chi connectivity index (χ3n) is 4.71. The maximum atomic E-state index is 13.4. The maximum absolute atomic E-state index is 13.4. The highest BCUT2D eigenvalue weighted by atomic mass is 19.1. The summed E-state index contributed by atoms with van der Waals surface area (Å²) in [4.78, 5) is 12.1. The lowest BCUT2D eigenvalue weighted by Crippen LogP contribution is -2.41. The number of phenolic OH excluding ortho intramolecular Hbond substituents is 1. The molecular formula is C20H29BFNO5. The minimum Gasteiger partial charge on any atom is -0.505 e. The lowest BCUT2D eigenvalue weighted by molar-refractivity contribution is 0.00578. The molecule has 1 aliphatic rings. The fraction of sp³-hybridized carbons (Fsp3) is 0.550. The van der Waals surface area contributed by atoms with E-state index in [9.17, 15) is 14.3 Å². The van der Waals surface area contributed by atoms with Crippen molar-refractivity contribution >= 4 is 19.3 Å². The quantitative estimate of drug-likeness (QED) is 0.755. The third-order valence-corrected chi connectivity index (χ3v) is 4.71. The molecule has 1 fully saturated rings. The van der Waals surface area contributed by atoms with Crippen LogP contribution in [-0.4, -0.2) is 41.7 Å². The van der Waals surface area contributed by atoms with Crippen LogP contribution in [-0.2, 0) is 14.0 Å². The highest BCUT2D eigenvalue weighted by Gasteiger charge is 2.52. The van der Waals surface area contributed by atoms with Crippen LogP contribution in [0.2, 0.25) is 0 Å². The van der Waals surface area contributed by atoms with E-state index in [0.29, 0.717) is 11.0 Å². The molecule has 1 aromatic carbocycles. The lowest BCUT2D eigenvalue weighted by atomic mass is 9.77. The van der Waals surface area contributed by atoms with E-state index >= 15 is 0 Å². The van der Waals surface area contributed by atoms with Gasteiger partial charge in [0.1, 0.15) is 5.60 Å². The molecular weight excluding hydrogens is 364 g/mol. The van der Waals surface area contributed by atoms with E-state index < -0.39 is 41.6 Å². The van der Waals surface area contributed by atoms with Gasteiger partial charge in [-0.15, -0.1) is 0 Å². The number of amides is 1. The standard InChI is InChI=1S/C20H29BFNO5/c1-18(2,3)26-17(25)23-12-14(10-13-8-9-15(22)16(24)11-13)21-27-19(4,5)20(6,7)28-21/h8-11,24H,12H2,1-7H3,(H,23,25). The SMILES string of the molecule is CC(C)(C)OC(=O)NCC(=Cc1ccc(F)c(O)c1)B1OC(C)(C)C(C)(C)O1. The van der Waals surface area contributed by atoms with Crippen molar-refractivity contribution in [3.63, 3.8) is 0 Å². The van der Waals surface area contributed by atoms with Crippen LogP contribution in [0.25, 0.3) is 6.08 Å². The van der Waals surface area contributed by atoms with Gasteiger partial charge in [-0.05, 0) is 71.6 Å². The minimum atomic E-state index is -0.716. The normalized spacial score (nSPS) is 18.9. The van der Waals surface area contributed by atoms with E-state index in [1.807, 2.05) is 27.7 Å². The fourth-order valence-electron chi connectivity index (χ4n) is 2.52. The molecule has 0 unspecified atom stereocenters. The van der Waals surface area contributed by atoms with Crippen LogP contribution in [0.1, 0.15) is 54.0 Å². The average molecular weight is 393 g/mol. The summed E-state index contributed by atoms with van der Waals surface area (Å²) < 4.78 is 30.8. The molecule has 0 bridgehead atoms. The van der Waals surface area contributed by atoms with Crippen molar-refractivity contribution in [2.75, 3.05) is 6.54 Å². The van der Waals surface area contributed by atoms with Crippen LogP contribution in [0, 0.1) is 5.82 Å². The van der Waals surface area contributed by atoms with Crippen molar-refractivity contribution in [2.24, 2.45) is 0 Å². The van der Waals surface area contributed by atoms with Gasteiger partial charge in [0.15, 0.2) is 11.6 Å². The van der Waals surface area contributed by atoms with Crippen molar-refractivity contribution in [3.8, 4) is 5.75 Å². The second kappa shape index (κ2) is 7.76. The smallest absolute Gasteiger partial charge is 0.492 e. The molecule has 1 amide bonds. The van der Waals surface area contributed by atoms with Gasteiger partial charge in [0.2, 0.25) is 0 Å². The van der Waals surface area contributed by atoms with Gasteiger partial charge in [-0.2, -0.15) is 0 Å². The molecule has 1 saturated heterocycles. The number of hydrogen-bond acceptors (Lipinski definition) is 5. The lowest BCUT2D eigenvalue weighted by Gasteiger charge is -2.32. The number of aromatic hydroxyl groups is 1. The van der Waals surface area contributed by atoms with Gasteiger partial charge in [0.25, 0.3) is 0 Å². The highest BCUT2D eigenvalue weighted by molar-refractivity contribution is 6.56. The zero-order valence-corrected chi connectivity index (χ0v) is 17.6. The Morgan fingerprint density at radius 3 is 2.32 bits per heavy atom. The van der Waals surface area contributed by atoms with Crippen LogP contribution in [0.15, 0.2) is 23.7 Å². The Kier molecular flexibility index (Phi) is 6.16. The Morgan fingerprint density at radius 2 is 1.82 bits per heavy atom. The number of hydrogen-bond donors (Lipinski definition) is 2. The van der Waals surface area contributed by atoms with E-state index in [2.05, 4.69) is 5.32 Å². The summed E-state index contributed by atoms with van der Waals surface area (Å²) in [5.41, 5.74) is -0.590. The van der Waals surface area contributed by atoms with E-state index in [-0.39, 0.29) is 6.54 Å². The summed E-state index contributed by atoms with van der Waals surface area (Å²) in [6.07, 6.45) is 1.12. The van der Waals surface area contributed by atoms with Gasteiger partial charge < -0.3 is 24.5 Å². The van der Waals surface area contributed by atoms with E-state index in [1.165, 1.54) is 18.2 Å². The number of benzene rings is 1. The minimum absolute atomic E-state index is 0.101. The molecule has 0 atom stereocenters. The third kappa shape index (κ3) is 5.48. The largest absolute Gasteiger partial charge is 0.505 e. The number of ether oxygens (including phenoxy) is 1. The Hall–Kier alpha value is -2.06. The molecule has 1 aromatic rings. The molecule has 1 aliphatic heterocycles. The molecule has 8 heteroatoms. The van der Waals surface area contributed by atoms with E-state index in [4.69, 9.17) is 14.0 Å². The Morgan fingerprint density at radius 1 is 1.25 bits per heavy atom. The van der Waals surface area contributed by atoms with Crippen LogP contribution in [0.3, 0.4) is 0 Å². The summed E-state index contributed by atoms with van der Waals surface area (Å²) in [7, 11) is -0.716. The Labute approximate surface area is 166 Å². The molecule has 0 saturated carbocycles. The van der Waals surface area contributed by atoms with E-state index in [0.717, 1.165) is 0 Å². The first-order chi connectivity index (χ1) is 12.7. The van der Waals surface area contributed by atoms with Crippen LogP contribution in [0.5, 0.6) is 5.75 Å². The average Bonchev–Trinajstić information content (AvgIpc) is 2.73. The van der Waals surface area contributed by atoms with Gasteiger partial charge in [0.05, 0.1) is 11.2 Å². The number of alkyl carbamates (subject to hydrolysis) is 1. The number of halogens is 1. The number of nitrogens with one attached hydrogen (secondary N) is 1. The zero-order chi connectivity index (χ0) is 21.3. The first-order valence-electron chi connectivity index (χ1n) is 9.22. The first kappa shape index (κ1) is 22.2. The predicted molar refractivity (Wildman–Crippen MR) is 106 cm³/mol. The number of carbonyl (C=O) groups is 1. The van der Waals surface area contributed by atoms with Crippen molar-refractivity contribution in [2.45, 2.75) is 65.3 Å². The van der Waals surface area contributed by atoms with Gasteiger partial charge in [-0.25, -0.2) is 9.18 Å². The van der Waals surface area contributed by atoms with E-state index in [1.54, 1.807) is 26.8 Å².